The van der Waals surface area contributed by atoms with Crippen LogP contribution in [0.1, 0.15) is 17.0 Å². The van der Waals surface area contributed by atoms with Gasteiger partial charge in [-0.15, -0.1) is 0 Å². The Morgan fingerprint density at radius 2 is 1.55 bits per heavy atom. The van der Waals surface area contributed by atoms with E-state index in [4.69, 9.17) is 9.47 Å². The van der Waals surface area contributed by atoms with Crippen molar-refractivity contribution in [1.29, 1.82) is 0 Å². The topological polar surface area (TPSA) is 38.7 Å². The Morgan fingerprint density at radius 1 is 0.950 bits per heavy atom. The first-order valence-corrected chi connectivity index (χ1v) is 6.67. The lowest BCUT2D eigenvalue weighted by atomic mass is 10.0. The van der Waals surface area contributed by atoms with Crippen molar-refractivity contribution in [2.24, 2.45) is 0 Å². The molecule has 1 atom stereocenters. The molecule has 2 rings (SSSR count). The number of aliphatic hydroxyl groups is 1. The summed E-state index contributed by atoms with van der Waals surface area (Å²) in [6, 6.07) is 15.6. The molecule has 20 heavy (non-hydrogen) atoms. The van der Waals surface area contributed by atoms with Crippen LogP contribution in [-0.2, 0) is 0 Å². The average molecular weight is 272 g/mol. The number of aliphatic hydroxyl groups excluding tert-OH is 1. The van der Waals surface area contributed by atoms with Gasteiger partial charge in [0, 0.05) is 5.92 Å². The molecule has 0 aliphatic heterocycles. The van der Waals surface area contributed by atoms with Crippen molar-refractivity contribution < 1.29 is 14.6 Å². The first kappa shape index (κ1) is 14.4. The van der Waals surface area contributed by atoms with Crippen LogP contribution in [0.4, 0.5) is 0 Å². The summed E-state index contributed by atoms with van der Waals surface area (Å²) < 4.78 is 10.9. The number of methoxy groups -OCH3 is 1. The number of hydrogen-bond donors (Lipinski definition) is 1. The number of ether oxygens (including phenoxy) is 2. The van der Waals surface area contributed by atoms with E-state index in [0.29, 0.717) is 6.61 Å². The molecule has 3 nitrogen and oxygen atoms in total. The number of benzene rings is 2. The van der Waals surface area contributed by atoms with E-state index in [2.05, 4.69) is 0 Å². The van der Waals surface area contributed by atoms with Crippen molar-refractivity contribution in [2.45, 2.75) is 12.8 Å². The van der Waals surface area contributed by atoms with Gasteiger partial charge in [-0.05, 0) is 36.8 Å². The predicted octanol–water partition coefficient (Wildman–Crippen LogP) is 3.16. The molecule has 2 aromatic rings. The first-order chi connectivity index (χ1) is 9.72. The molecule has 0 aliphatic rings. The molecule has 1 unspecified atom stereocenters. The molecule has 0 heterocycles. The average Bonchev–Trinajstić information content (AvgIpc) is 2.50. The Labute approximate surface area is 119 Å². The quantitative estimate of drug-likeness (QED) is 0.878. The fraction of sp³-hybridized carbons (Fsp3) is 0.294. The second-order valence-electron chi connectivity index (χ2n) is 4.78. The third-order valence-corrected chi connectivity index (χ3v) is 3.28. The van der Waals surface area contributed by atoms with Crippen molar-refractivity contribution in [3.8, 4) is 11.5 Å². The molecule has 0 aromatic heterocycles. The zero-order chi connectivity index (χ0) is 14.4. The second-order valence-corrected chi connectivity index (χ2v) is 4.78. The highest BCUT2D eigenvalue weighted by atomic mass is 16.5. The molecule has 0 radical (unpaired) electrons. The lowest BCUT2D eigenvalue weighted by Crippen LogP contribution is -2.14. The van der Waals surface area contributed by atoms with Crippen LogP contribution in [0.25, 0.3) is 0 Å². The Kier molecular flexibility index (Phi) is 5.02. The minimum atomic E-state index is -0.0396. The molecule has 0 bridgehead atoms. The van der Waals surface area contributed by atoms with Crippen molar-refractivity contribution in [3.63, 3.8) is 0 Å². The van der Waals surface area contributed by atoms with Crippen LogP contribution >= 0.6 is 0 Å². The van der Waals surface area contributed by atoms with Gasteiger partial charge in [0.05, 0.1) is 20.3 Å². The fourth-order valence-electron chi connectivity index (χ4n) is 1.96. The Hall–Kier alpha value is -2.00. The van der Waals surface area contributed by atoms with Crippen molar-refractivity contribution in [3.05, 3.63) is 59.7 Å². The van der Waals surface area contributed by atoms with Crippen molar-refractivity contribution in [1.82, 2.24) is 0 Å². The molecule has 3 heteroatoms. The van der Waals surface area contributed by atoms with Gasteiger partial charge in [-0.25, -0.2) is 0 Å². The molecule has 2 aromatic carbocycles. The third kappa shape index (κ3) is 3.75. The summed E-state index contributed by atoms with van der Waals surface area (Å²) in [6.07, 6.45) is 0. The lowest BCUT2D eigenvalue weighted by molar-refractivity contribution is 0.205. The zero-order valence-corrected chi connectivity index (χ0v) is 11.9. The van der Waals surface area contributed by atoms with Gasteiger partial charge < -0.3 is 14.6 Å². The lowest BCUT2D eigenvalue weighted by Gasteiger charge is -2.16. The maximum Gasteiger partial charge on any atom is 0.119 e. The van der Waals surface area contributed by atoms with Crippen LogP contribution < -0.4 is 9.47 Å². The van der Waals surface area contributed by atoms with E-state index in [1.54, 1.807) is 7.11 Å². The highest BCUT2D eigenvalue weighted by Crippen LogP contribution is 2.21. The van der Waals surface area contributed by atoms with Crippen molar-refractivity contribution in [2.75, 3.05) is 20.3 Å². The highest BCUT2D eigenvalue weighted by molar-refractivity contribution is 5.30. The van der Waals surface area contributed by atoms with E-state index in [1.165, 1.54) is 5.56 Å². The third-order valence-electron chi connectivity index (χ3n) is 3.28. The van der Waals surface area contributed by atoms with E-state index < -0.39 is 0 Å². The molecule has 0 amide bonds. The summed E-state index contributed by atoms with van der Waals surface area (Å²) in [5.41, 5.74) is 2.24. The standard InChI is InChI=1S/C17H20O3/c1-13-3-7-17(8-4-13)20-12-15(11-18)14-5-9-16(19-2)10-6-14/h3-10,15,18H,11-12H2,1-2H3. The van der Waals surface area contributed by atoms with Crippen LogP contribution in [0.3, 0.4) is 0 Å². The van der Waals surface area contributed by atoms with Gasteiger partial charge in [-0.3, -0.25) is 0 Å². The van der Waals surface area contributed by atoms with Gasteiger partial charge in [-0.2, -0.15) is 0 Å². The zero-order valence-electron chi connectivity index (χ0n) is 11.9. The summed E-state index contributed by atoms with van der Waals surface area (Å²) in [6.45, 7) is 2.54. The number of aryl methyl sites for hydroxylation is 1. The van der Waals surface area contributed by atoms with Crippen LogP contribution in [0.15, 0.2) is 48.5 Å². The van der Waals surface area contributed by atoms with E-state index in [0.717, 1.165) is 17.1 Å². The van der Waals surface area contributed by atoms with Gasteiger partial charge in [0.25, 0.3) is 0 Å². The first-order valence-electron chi connectivity index (χ1n) is 6.67. The molecule has 106 valence electrons. The Bertz CT molecular complexity index is 517. The van der Waals surface area contributed by atoms with Gasteiger partial charge >= 0.3 is 0 Å². The summed E-state index contributed by atoms with van der Waals surface area (Å²) >= 11 is 0. The molecule has 1 N–H and O–H groups in total. The monoisotopic (exact) mass is 272 g/mol. The van der Waals surface area contributed by atoms with Gasteiger partial charge in [-0.1, -0.05) is 29.8 Å². The Balaban J connectivity index is 1.99. The summed E-state index contributed by atoms with van der Waals surface area (Å²) in [5, 5.41) is 9.52. The maximum absolute atomic E-state index is 9.52. The SMILES string of the molecule is COc1ccc(C(CO)COc2ccc(C)cc2)cc1. The molecule has 0 fully saturated rings. The minimum absolute atomic E-state index is 0.0396. The normalized spacial score (nSPS) is 11.9. The molecule has 0 aliphatic carbocycles. The second kappa shape index (κ2) is 6.96. The van der Waals surface area contributed by atoms with Crippen LogP contribution in [0.2, 0.25) is 0 Å². The largest absolute Gasteiger partial charge is 0.497 e. The summed E-state index contributed by atoms with van der Waals surface area (Å²) in [7, 11) is 1.64. The van der Waals surface area contributed by atoms with Gasteiger partial charge in [0.1, 0.15) is 11.5 Å². The summed E-state index contributed by atoms with van der Waals surface area (Å²) in [5.74, 6) is 1.59. The van der Waals surface area contributed by atoms with E-state index >= 15 is 0 Å². The molecular weight excluding hydrogens is 252 g/mol. The minimum Gasteiger partial charge on any atom is -0.497 e. The van der Waals surface area contributed by atoms with E-state index in [-0.39, 0.29) is 12.5 Å². The van der Waals surface area contributed by atoms with Crippen LogP contribution in [0, 0.1) is 6.92 Å². The predicted molar refractivity (Wildman–Crippen MR) is 79.5 cm³/mol. The van der Waals surface area contributed by atoms with E-state index in [1.807, 2.05) is 55.5 Å². The molecular formula is C17H20O3. The fourth-order valence-corrected chi connectivity index (χ4v) is 1.96. The molecule has 0 saturated heterocycles. The molecule has 0 spiro atoms. The van der Waals surface area contributed by atoms with Crippen LogP contribution in [0.5, 0.6) is 11.5 Å². The number of hydrogen-bond acceptors (Lipinski definition) is 3. The maximum atomic E-state index is 9.52. The van der Waals surface area contributed by atoms with Gasteiger partial charge in [0.2, 0.25) is 0 Å². The Morgan fingerprint density at radius 3 is 2.10 bits per heavy atom. The summed E-state index contributed by atoms with van der Waals surface area (Å²) in [4.78, 5) is 0. The van der Waals surface area contributed by atoms with Gasteiger partial charge in [0.15, 0.2) is 0 Å². The van der Waals surface area contributed by atoms with Crippen molar-refractivity contribution >= 4 is 0 Å². The molecule has 0 saturated carbocycles. The highest BCUT2D eigenvalue weighted by Gasteiger charge is 2.11. The van der Waals surface area contributed by atoms with Crippen LogP contribution in [-0.4, -0.2) is 25.4 Å². The number of rotatable bonds is 6. The smallest absolute Gasteiger partial charge is 0.119 e. The van der Waals surface area contributed by atoms with E-state index in [9.17, 15) is 5.11 Å².